The zero-order valence-corrected chi connectivity index (χ0v) is 20.6. The summed E-state index contributed by atoms with van der Waals surface area (Å²) < 4.78 is 2.36. The third-order valence-corrected chi connectivity index (χ3v) is 7.60. The van der Waals surface area contributed by atoms with E-state index in [0.29, 0.717) is 0 Å². The van der Waals surface area contributed by atoms with Crippen molar-refractivity contribution in [1.29, 1.82) is 0 Å². The monoisotopic (exact) mass is 485 g/mol. The first-order valence-electron chi connectivity index (χ1n) is 12.9. The normalized spacial score (nSPS) is 11.7. The molecule has 0 saturated carbocycles. The van der Waals surface area contributed by atoms with Crippen molar-refractivity contribution in [2.24, 2.45) is 0 Å². The Bertz CT molecular complexity index is 2110. The van der Waals surface area contributed by atoms with Crippen molar-refractivity contribution in [3.05, 3.63) is 134 Å². The molecule has 38 heavy (non-hydrogen) atoms. The van der Waals surface area contributed by atoms with E-state index >= 15 is 0 Å². The molecule has 0 unspecified atom stereocenters. The number of hydrogen-bond donors (Lipinski definition) is 1. The van der Waals surface area contributed by atoms with Gasteiger partial charge >= 0.3 is 0 Å². The van der Waals surface area contributed by atoms with Crippen LogP contribution in [0.25, 0.3) is 71.7 Å². The quantitative estimate of drug-likeness (QED) is 0.266. The average Bonchev–Trinajstić information content (AvgIpc) is 3.53. The molecule has 0 aliphatic rings. The SMILES string of the molecule is c1ccc(-c2ccc(-n3c4ccccc4c4cc(-c5ccc6[nH]c7ccccc7c6c5)ccc43)cc2)nc1. The lowest BCUT2D eigenvalue weighted by Crippen LogP contribution is -1.94. The van der Waals surface area contributed by atoms with Crippen LogP contribution >= 0.6 is 0 Å². The highest BCUT2D eigenvalue weighted by molar-refractivity contribution is 6.11. The van der Waals surface area contributed by atoms with Crippen LogP contribution in [0.3, 0.4) is 0 Å². The van der Waals surface area contributed by atoms with Gasteiger partial charge in [0.05, 0.1) is 16.7 Å². The molecule has 178 valence electrons. The molecule has 8 aromatic rings. The van der Waals surface area contributed by atoms with Gasteiger partial charge in [0.15, 0.2) is 0 Å². The standard InChI is InChI=1S/C35H23N3/c1-3-10-32-27(7-1)29-21-24(14-18-33(29)37-32)25-15-19-35-30(22-25)28-8-2-4-11-34(28)38(35)26-16-12-23(13-17-26)31-9-5-6-20-36-31/h1-22,37H. The van der Waals surface area contributed by atoms with Gasteiger partial charge in [-0.05, 0) is 71.8 Å². The largest absolute Gasteiger partial charge is 0.355 e. The van der Waals surface area contributed by atoms with Crippen molar-refractivity contribution < 1.29 is 0 Å². The number of nitrogens with one attached hydrogen (secondary N) is 1. The Labute approximate surface area is 219 Å². The van der Waals surface area contributed by atoms with Crippen molar-refractivity contribution in [2.45, 2.75) is 0 Å². The Hall–Kier alpha value is -5.15. The van der Waals surface area contributed by atoms with E-state index in [4.69, 9.17) is 0 Å². The molecule has 1 N–H and O–H groups in total. The maximum absolute atomic E-state index is 4.50. The number of hydrogen-bond acceptors (Lipinski definition) is 1. The molecule has 0 aliphatic carbocycles. The number of nitrogens with zero attached hydrogens (tertiary/aromatic N) is 2. The Morgan fingerprint density at radius 2 is 1.13 bits per heavy atom. The van der Waals surface area contributed by atoms with Gasteiger partial charge in [0.1, 0.15) is 0 Å². The minimum absolute atomic E-state index is 0.984. The van der Waals surface area contributed by atoms with Crippen molar-refractivity contribution >= 4 is 43.6 Å². The van der Waals surface area contributed by atoms with E-state index in [9.17, 15) is 0 Å². The van der Waals surface area contributed by atoms with E-state index in [-0.39, 0.29) is 0 Å². The number of pyridine rings is 1. The molecule has 0 saturated heterocycles. The summed E-state index contributed by atoms with van der Waals surface area (Å²) in [6.07, 6.45) is 1.84. The fourth-order valence-corrected chi connectivity index (χ4v) is 5.77. The highest BCUT2D eigenvalue weighted by atomic mass is 15.0. The van der Waals surface area contributed by atoms with Crippen molar-refractivity contribution in [1.82, 2.24) is 14.5 Å². The smallest absolute Gasteiger partial charge is 0.0701 e. The van der Waals surface area contributed by atoms with E-state index in [1.54, 1.807) is 0 Å². The van der Waals surface area contributed by atoms with Crippen LogP contribution in [-0.4, -0.2) is 14.5 Å². The van der Waals surface area contributed by atoms with Gasteiger partial charge in [0, 0.05) is 50.0 Å². The average molecular weight is 486 g/mol. The lowest BCUT2D eigenvalue weighted by molar-refractivity contribution is 1.18. The van der Waals surface area contributed by atoms with Crippen LogP contribution in [0.4, 0.5) is 0 Å². The summed E-state index contributed by atoms with van der Waals surface area (Å²) in [6.45, 7) is 0. The van der Waals surface area contributed by atoms with Gasteiger partial charge in [-0.25, -0.2) is 0 Å². The summed E-state index contributed by atoms with van der Waals surface area (Å²) in [7, 11) is 0. The number of H-pyrrole nitrogens is 1. The van der Waals surface area contributed by atoms with Crippen LogP contribution < -0.4 is 0 Å². The zero-order valence-electron chi connectivity index (χ0n) is 20.6. The minimum atomic E-state index is 0.984. The van der Waals surface area contributed by atoms with E-state index < -0.39 is 0 Å². The van der Waals surface area contributed by atoms with E-state index in [2.05, 4.69) is 124 Å². The van der Waals surface area contributed by atoms with Crippen LogP contribution in [0.2, 0.25) is 0 Å². The topological polar surface area (TPSA) is 33.6 Å². The van der Waals surface area contributed by atoms with Gasteiger partial charge in [0.2, 0.25) is 0 Å². The van der Waals surface area contributed by atoms with Crippen molar-refractivity contribution in [3.63, 3.8) is 0 Å². The summed E-state index contributed by atoms with van der Waals surface area (Å²) in [5, 5.41) is 5.03. The van der Waals surface area contributed by atoms with Crippen LogP contribution in [0.1, 0.15) is 0 Å². The molecule has 0 bridgehead atoms. The Morgan fingerprint density at radius 1 is 0.474 bits per heavy atom. The fourth-order valence-electron chi connectivity index (χ4n) is 5.77. The molecule has 0 aliphatic heterocycles. The fraction of sp³-hybridized carbons (Fsp3) is 0. The summed E-state index contributed by atoms with van der Waals surface area (Å²) in [6, 6.07) is 45.5. The van der Waals surface area contributed by atoms with Crippen LogP contribution in [0.5, 0.6) is 0 Å². The molecule has 0 amide bonds. The lowest BCUT2D eigenvalue weighted by Gasteiger charge is -2.10. The van der Waals surface area contributed by atoms with E-state index in [0.717, 1.165) is 16.9 Å². The number of fused-ring (bicyclic) bond motifs is 6. The third-order valence-electron chi connectivity index (χ3n) is 7.60. The zero-order chi connectivity index (χ0) is 25.1. The second-order valence-electron chi connectivity index (χ2n) is 9.78. The number of benzene rings is 5. The highest BCUT2D eigenvalue weighted by Crippen LogP contribution is 2.36. The van der Waals surface area contributed by atoms with Gasteiger partial charge < -0.3 is 9.55 Å². The summed E-state index contributed by atoms with van der Waals surface area (Å²) in [4.78, 5) is 8.04. The minimum Gasteiger partial charge on any atom is -0.355 e. The molecule has 3 nitrogen and oxygen atoms in total. The van der Waals surface area contributed by atoms with Crippen LogP contribution in [-0.2, 0) is 0 Å². The molecular formula is C35H23N3. The first-order chi connectivity index (χ1) is 18.8. The predicted octanol–water partition coefficient (Wildman–Crippen LogP) is 9.15. The van der Waals surface area contributed by atoms with Crippen LogP contribution in [0, 0.1) is 0 Å². The Morgan fingerprint density at radius 3 is 1.97 bits per heavy atom. The number of para-hydroxylation sites is 2. The maximum Gasteiger partial charge on any atom is 0.0701 e. The van der Waals surface area contributed by atoms with E-state index in [1.807, 2.05) is 24.4 Å². The molecule has 0 radical (unpaired) electrons. The van der Waals surface area contributed by atoms with Gasteiger partial charge in [-0.3, -0.25) is 4.98 Å². The third kappa shape index (κ3) is 3.19. The van der Waals surface area contributed by atoms with Gasteiger partial charge in [-0.15, -0.1) is 0 Å². The molecule has 8 rings (SSSR count). The van der Waals surface area contributed by atoms with Crippen LogP contribution in [0.15, 0.2) is 134 Å². The Kier molecular flexibility index (Phi) is 4.52. The second-order valence-corrected chi connectivity index (χ2v) is 9.78. The lowest BCUT2D eigenvalue weighted by atomic mass is 10.0. The van der Waals surface area contributed by atoms with Gasteiger partial charge in [0.25, 0.3) is 0 Å². The van der Waals surface area contributed by atoms with E-state index in [1.165, 1.54) is 54.7 Å². The first kappa shape index (κ1) is 21.0. The summed E-state index contributed by atoms with van der Waals surface area (Å²) >= 11 is 0. The molecule has 0 fully saturated rings. The molecule has 0 spiro atoms. The number of rotatable bonds is 3. The number of aromatic nitrogens is 3. The number of aromatic amines is 1. The molecular weight excluding hydrogens is 462 g/mol. The Balaban J connectivity index is 1.29. The maximum atomic E-state index is 4.50. The predicted molar refractivity (Wildman–Crippen MR) is 159 cm³/mol. The van der Waals surface area contributed by atoms with Crippen molar-refractivity contribution in [3.8, 4) is 28.1 Å². The molecule has 3 heteroatoms. The first-order valence-corrected chi connectivity index (χ1v) is 12.9. The molecule has 5 aromatic carbocycles. The molecule has 3 heterocycles. The van der Waals surface area contributed by atoms with Gasteiger partial charge in [-0.2, -0.15) is 0 Å². The second kappa shape index (κ2) is 8.19. The van der Waals surface area contributed by atoms with Gasteiger partial charge in [-0.1, -0.05) is 66.7 Å². The molecule has 0 atom stereocenters. The highest BCUT2D eigenvalue weighted by Gasteiger charge is 2.14. The van der Waals surface area contributed by atoms with Crippen molar-refractivity contribution in [2.75, 3.05) is 0 Å². The molecule has 3 aromatic heterocycles. The summed E-state index contributed by atoms with van der Waals surface area (Å²) in [5.41, 5.74) is 10.4. The summed E-state index contributed by atoms with van der Waals surface area (Å²) in [5.74, 6) is 0.